The molecule has 1 aromatic rings. The van der Waals surface area contributed by atoms with Gasteiger partial charge in [0.15, 0.2) is 0 Å². The SMILES string of the molecule is CC(N)C(N)=O.CCOC(=O)c1cc(C#N)c(N2CCCC2)s1. The van der Waals surface area contributed by atoms with E-state index in [-0.39, 0.29) is 5.97 Å². The molecule has 1 aromatic heterocycles. The van der Waals surface area contributed by atoms with Gasteiger partial charge in [-0.05, 0) is 32.8 Å². The Hall–Kier alpha value is -2.11. The molecule has 8 heteroatoms. The number of carbonyl (C=O) groups excluding carboxylic acids is 2. The van der Waals surface area contributed by atoms with Gasteiger partial charge in [-0.15, -0.1) is 11.3 Å². The molecule has 23 heavy (non-hydrogen) atoms. The van der Waals surface area contributed by atoms with E-state index in [2.05, 4.69) is 16.7 Å². The molecule has 4 N–H and O–H groups in total. The van der Waals surface area contributed by atoms with Gasteiger partial charge in [0.2, 0.25) is 5.91 Å². The number of nitriles is 1. The highest BCUT2D eigenvalue weighted by molar-refractivity contribution is 7.18. The van der Waals surface area contributed by atoms with Crippen LogP contribution in [0, 0.1) is 11.3 Å². The third-order valence-corrected chi connectivity index (χ3v) is 4.33. The molecule has 126 valence electrons. The molecule has 0 radical (unpaired) electrons. The lowest BCUT2D eigenvalue weighted by Crippen LogP contribution is -2.32. The van der Waals surface area contributed by atoms with Crippen molar-refractivity contribution in [3.05, 3.63) is 16.5 Å². The maximum Gasteiger partial charge on any atom is 0.348 e. The Morgan fingerprint density at radius 1 is 1.48 bits per heavy atom. The predicted octanol–water partition coefficient (Wildman–Crippen LogP) is 1.22. The van der Waals surface area contributed by atoms with Crippen molar-refractivity contribution in [2.24, 2.45) is 11.5 Å². The minimum Gasteiger partial charge on any atom is -0.462 e. The summed E-state index contributed by atoms with van der Waals surface area (Å²) in [7, 11) is 0. The fraction of sp³-hybridized carbons (Fsp3) is 0.533. The molecule has 1 atom stereocenters. The number of amides is 1. The summed E-state index contributed by atoms with van der Waals surface area (Å²) in [5, 5.41) is 9.99. The largest absolute Gasteiger partial charge is 0.462 e. The van der Waals surface area contributed by atoms with E-state index in [0.717, 1.165) is 30.9 Å². The number of hydrogen-bond acceptors (Lipinski definition) is 7. The molecule has 1 aliphatic rings. The Morgan fingerprint density at radius 3 is 2.48 bits per heavy atom. The van der Waals surface area contributed by atoms with Crippen molar-refractivity contribution in [3.8, 4) is 6.07 Å². The van der Waals surface area contributed by atoms with Crippen molar-refractivity contribution in [2.45, 2.75) is 32.7 Å². The third-order valence-electron chi connectivity index (χ3n) is 3.15. The molecule has 0 aliphatic carbocycles. The highest BCUT2D eigenvalue weighted by atomic mass is 32.1. The highest BCUT2D eigenvalue weighted by Gasteiger charge is 2.21. The molecule has 0 saturated carbocycles. The van der Waals surface area contributed by atoms with Gasteiger partial charge in [0, 0.05) is 13.1 Å². The van der Waals surface area contributed by atoms with Crippen LogP contribution in [0.1, 0.15) is 41.9 Å². The summed E-state index contributed by atoms with van der Waals surface area (Å²) in [5.74, 6) is -0.797. The number of ether oxygens (including phenoxy) is 1. The molecular weight excluding hydrogens is 316 g/mol. The number of esters is 1. The number of primary amides is 1. The Kier molecular flexibility index (Phi) is 7.51. The molecule has 2 heterocycles. The zero-order chi connectivity index (χ0) is 17.4. The molecule has 0 spiro atoms. The Bertz CT molecular complexity index is 586. The first-order valence-corrected chi connectivity index (χ1v) is 8.23. The first-order chi connectivity index (χ1) is 10.9. The maximum atomic E-state index is 11.6. The number of thiophene rings is 1. The van der Waals surface area contributed by atoms with E-state index in [4.69, 9.17) is 15.7 Å². The molecule has 1 amide bonds. The van der Waals surface area contributed by atoms with Crippen molar-refractivity contribution in [3.63, 3.8) is 0 Å². The second-order valence-corrected chi connectivity index (χ2v) is 6.08. The van der Waals surface area contributed by atoms with Crippen LogP contribution in [0.15, 0.2) is 6.07 Å². The van der Waals surface area contributed by atoms with Crippen LogP contribution in [-0.2, 0) is 9.53 Å². The van der Waals surface area contributed by atoms with Crippen LogP contribution >= 0.6 is 11.3 Å². The first kappa shape index (κ1) is 18.9. The van der Waals surface area contributed by atoms with Crippen LogP contribution in [0.2, 0.25) is 0 Å². The van der Waals surface area contributed by atoms with Gasteiger partial charge >= 0.3 is 5.97 Å². The smallest absolute Gasteiger partial charge is 0.348 e. The lowest BCUT2D eigenvalue weighted by molar-refractivity contribution is -0.118. The molecule has 1 aliphatic heterocycles. The molecule has 1 saturated heterocycles. The number of rotatable bonds is 4. The minimum absolute atomic E-state index is 0.334. The van der Waals surface area contributed by atoms with E-state index < -0.39 is 11.9 Å². The summed E-state index contributed by atoms with van der Waals surface area (Å²) in [6.45, 7) is 5.62. The maximum absolute atomic E-state index is 11.6. The quantitative estimate of drug-likeness (QED) is 0.796. The van der Waals surface area contributed by atoms with Crippen molar-refractivity contribution in [1.82, 2.24) is 0 Å². The molecular formula is C15H22N4O3S. The van der Waals surface area contributed by atoms with Crippen LogP contribution in [0.25, 0.3) is 0 Å². The lowest BCUT2D eigenvalue weighted by Gasteiger charge is -2.14. The number of carbonyl (C=O) groups is 2. The van der Waals surface area contributed by atoms with Gasteiger partial charge in [0.25, 0.3) is 0 Å². The average Bonchev–Trinajstić information content (AvgIpc) is 3.16. The Morgan fingerprint density at radius 2 is 2.04 bits per heavy atom. The van der Waals surface area contributed by atoms with Crippen LogP contribution in [0.3, 0.4) is 0 Å². The van der Waals surface area contributed by atoms with E-state index in [1.54, 1.807) is 19.9 Å². The van der Waals surface area contributed by atoms with Crippen LogP contribution in [0.5, 0.6) is 0 Å². The van der Waals surface area contributed by atoms with E-state index in [1.165, 1.54) is 11.3 Å². The van der Waals surface area contributed by atoms with Crippen molar-refractivity contribution >= 4 is 28.2 Å². The Labute approximate surface area is 139 Å². The van der Waals surface area contributed by atoms with Crippen molar-refractivity contribution < 1.29 is 14.3 Å². The van der Waals surface area contributed by atoms with Crippen molar-refractivity contribution in [1.29, 1.82) is 5.26 Å². The second kappa shape index (κ2) is 9.12. The number of anilines is 1. The summed E-state index contributed by atoms with van der Waals surface area (Å²) in [6, 6.07) is 3.28. The zero-order valence-electron chi connectivity index (χ0n) is 13.4. The molecule has 1 unspecified atom stereocenters. The zero-order valence-corrected chi connectivity index (χ0v) is 14.2. The van der Waals surface area contributed by atoms with Gasteiger partial charge in [-0.25, -0.2) is 4.79 Å². The van der Waals surface area contributed by atoms with Crippen LogP contribution < -0.4 is 16.4 Å². The van der Waals surface area contributed by atoms with Gasteiger partial charge in [-0.3, -0.25) is 4.79 Å². The predicted molar refractivity (Wildman–Crippen MR) is 89.3 cm³/mol. The van der Waals surface area contributed by atoms with Gasteiger partial charge in [0.1, 0.15) is 15.9 Å². The lowest BCUT2D eigenvalue weighted by atomic mass is 10.3. The van der Waals surface area contributed by atoms with Crippen LogP contribution in [-0.4, -0.2) is 37.6 Å². The van der Waals surface area contributed by atoms with Gasteiger partial charge in [0.05, 0.1) is 18.2 Å². The van der Waals surface area contributed by atoms with E-state index in [1.807, 2.05) is 0 Å². The van der Waals surface area contributed by atoms with E-state index in [9.17, 15) is 9.59 Å². The highest BCUT2D eigenvalue weighted by Crippen LogP contribution is 2.33. The van der Waals surface area contributed by atoms with Crippen molar-refractivity contribution in [2.75, 3.05) is 24.6 Å². The third kappa shape index (κ3) is 5.54. The van der Waals surface area contributed by atoms with Crippen LogP contribution in [0.4, 0.5) is 5.00 Å². The first-order valence-electron chi connectivity index (χ1n) is 7.41. The topological polar surface area (TPSA) is 122 Å². The molecule has 7 nitrogen and oxygen atoms in total. The number of hydrogen-bond donors (Lipinski definition) is 2. The number of nitrogens with zero attached hydrogens (tertiary/aromatic N) is 2. The molecule has 2 rings (SSSR count). The number of nitrogens with two attached hydrogens (primary N) is 2. The molecule has 0 bridgehead atoms. The summed E-state index contributed by atoms with van der Waals surface area (Å²) >= 11 is 1.36. The standard InChI is InChI=1S/C12H14N2O2S.C3H8N2O/c1-2-16-12(15)10-7-9(8-13)11(17-10)14-5-3-4-6-14;1-2(4)3(5)6/h7H,2-6H2,1H3;2H,4H2,1H3,(H2,5,6). The van der Waals surface area contributed by atoms with E-state index >= 15 is 0 Å². The fourth-order valence-electron chi connectivity index (χ4n) is 1.92. The van der Waals surface area contributed by atoms with Gasteiger partial charge < -0.3 is 21.1 Å². The normalized spacial score (nSPS) is 14.4. The van der Waals surface area contributed by atoms with E-state index in [0.29, 0.717) is 17.0 Å². The summed E-state index contributed by atoms with van der Waals surface area (Å²) < 4.78 is 4.95. The minimum atomic E-state index is -0.509. The molecule has 0 aromatic carbocycles. The molecule has 1 fully saturated rings. The fourth-order valence-corrected chi connectivity index (χ4v) is 2.97. The monoisotopic (exact) mass is 338 g/mol. The Balaban J connectivity index is 0.000000379. The average molecular weight is 338 g/mol. The summed E-state index contributed by atoms with van der Waals surface area (Å²) in [6.07, 6.45) is 2.30. The van der Waals surface area contributed by atoms with Gasteiger partial charge in [-0.2, -0.15) is 5.26 Å². The second-order valence-electron chi connectivity index (χ2n) is 5.05. The van der Waals surface area contributed by atoms with Gasteiger partial charge in [-0.1, -0.05) is 0 Å². The summed E-state index contributed by atoms with van der Waals surface area (Å²) in [4.78, 5) is 24.1. The summed E-state index contributed by atoms with van der Waals surface area (Å²) in [5.41, 5.74) is 10.2.